The van der Waals surface area contributed by atoms with Crippen LogP contribution >= 0.6 is 11.3 Å². The van der Waals surface area contributed by atoms with E-state index in [4.69, 9.17) is 4.74 Å². The summed E-state index contributed by atoms with van der Waals surface area (Å²) >= 11 is 1.65. The number of nitrogens with one attached hydrogen (secondary N) is 1. The number of carbonyl (C=O) groups excluding carboxylic acids is 1. The number of aliphatic hydroxyl groups excluding tert-OH is 1. The van der Waals surface area contributed by atoms with Gasteiger partial charge in [-0.25, -0.2) is 4.98 Å². The number of anilines is 1. The summed E-state index contributed by atoms with van der Waals surface area (Å²) in [7, 11) is 0. The number of phenolic OH excluding ortho intramolecular Hbond substituents is 1. The highest BCUT2D eigenvalue weighted by Gasteiger charge is 2.21. The number of phenols is 1. The van der Waals surface area contributed by atoms with Gasteiger partial charge in [-0.1, -0.05) is 0 Å². The molecule has 2 heterocycles. The first-order valence-corrected chi connectivity index (χ1v) is 12.3. The Morgan fingerprint density at radius 1 is 1.12 bits per heavy atom. The van der Waals surface area contributed by atoms with Gasteiger partial charge in [0.1, 0.15) is 24.2 Å². The number of β-amino-alcohol motifs (C(OH)–C–C–N with tert-alkyl or cyclic N) is 1. The van der Waals surface area contributed by atoms with Crippen LogP contribution in [0.3, 0.4) is 0 Å². The van der Waals surface area contributed by atoms with Crippen LogP contribution < -0.4 is 10.1 Å². The minimum Gasteiger partial charge on any atom is -0.508 e. The summed E-state index contributed by atoms with van der Waals surface area (Å²) in [5, 5.41) is 24.1. The second-order valence-electron chi connectivity index (χ2n) is 8.91. The third-order valence-electron chi connectivity index (χ3n) is 5.99. The summed E-state index contributed by atoms with van der Waals surface area (Å²) in [6, 6.07) is 9.12. The summed E-state index contributed by atoms with van der Waals surface area (Å²) in [6.45, 7) is 9.88. The van der Waals surface area contributed by atoms with E-state index in [-0.39, 0.29) is 18.3 Å². The molecular weight excluding hydrogens is 452 g/mol. The van der Waals surface area contributed by atoms with Crippen molar-refractivity contribution in [2.75, 3.05) is 51.2 Å². The van der Waals surface area contributed by atoms with E-state index >= 15 is 0 Å². The zero-order valence-corrected chi connectivity index (χ0v) is 20.7. The number of aromatic hydroxyl groups is 1. The first-order chi connectivity index (χ1) is 16.3. The molecule has 3 N–H and O–H groups in total. The molecule has 0 spiro atoms. The van der Waals surface area contributed by atoms with Gasteiger partial charge in [0.2, 0.25) is 5.91 Å². The van der Waals surface area contributed by atoms with Gasteiger partial charge in [0.05, 0.1) is 21.8 Å². The number of carbonyl (C=O) groups is 1. The summed E-state index contributed by atoms with van der Waals surface area (Å²) < 4.78 is 6.92. The first kappa shape index (κ1) is 24.4. The Morgan fingerprint density at radius 2 is 1.79 bits per heavy atom. The van der Waals surface area contributed by atoms with Crippen molar-refractivity contribution < 1.29 is 19.7 Å². The smallest absolute Gasteiger partial charge is 0.238 e. The van der Waals surface area contributed by atoms with E-state index in [0.717, 1.165) is 58.2 Å². The predicted octanol–water partition coefficient (Wildman–Crippen LogP) is 2.92. The number of piperazine rings is 1. The number of nitrogens with zero attached hydrogens (tertiary/aromatic N) is 3. The number of hydrogen-bond acceptors (Lipinski definition) is 8. The number of amides is 1. The molecule has 2 aromatic carbocycles. The third kappa shape index (κ3) is 6.24. The molecule has 1 unspecified atom stereocenters. The Hall–Kier alpha value is -2.72. The van der Waals surface area contributed by atoms with Crippen molar-refractivity contribution in [2.24, 2.45) is 0 Å². The molecule has 1 aromatic heterocycles. The molecular formula is C25H32N4O4S. The van der Waals surface area contributed by atoms with Gasteiger partial charge in [0, 0.05) is 44.5 Å². The molecule has 0 radical (unpaired) electrons. The second kappa shape index (κ2) is 10.7. The molecule has 182 valence electrons. The van der Waals surface area contributed by atoms with Gasteiger partial charge in [-0.2, -0.15) is 0 Å². The predicted molar refractivity (Wildman–Crippen MR) is 135 cm³/mol. The van der Waals surface area contributed by atoms with Crippen molar-refractivity contribution in [3.63, 3.8) is 0 Å². The standard InChI is InChI=1S/C25H32N4O4S/c1-16-10-19(30)11-17(2)25(16)27-24(32)14-29-8-6-28(7-9-29)13-20(31)15-33-21-4-5-23-22(12-21)26-18(3)34-23/h4-5,10-12,20,30-31H,6-9,13-15H2,1-3H3,(H,27,32). The maximum atomic E-state index is 12.5. The van der Waals surface area contributed by atoms with Gasteiger partial charge in [-0.15, -0.1) is 11.3 Å². The fourth-order valence-electron chi connectivity index (χ4n) is 4.31. The molecule has 34 heavy (non-hydrogen) atoms. The van der Waals surface area contributed by atoms with Crippen molar-refractivity contribution in [3.05, 3.63) is 46.5 Å². The van der Waals surface area contributed by atoms with E-state index in [0.29, 0.717) is 18.8 Å². The van der Waals surface area contributed by atoms with E-state index in [2.05, 4.69) is 20.1 Å². The average Bonchev–Trinajstić information content (AvgIpc) is 3.15. The van der Waals surface area contributed by atoms with E-state index in [1.165, 1.54) is 0 Å². The third-order valence-corrected chi connectivity index (χ3v) is 6.94. The number of fused-ring (bicyclic) bond motifs is 1. The lowest BCUT2D eigenvalue weighted by atomic mass is 10.1. The fraction of sp³-hybridized carbons (Fsp3) is 0.440. The average molecular weight is 485 g/mol. The largest absolute Gasteiger partial charge is 0.508 e. The Morgan fingerprint density at radius 3 is 2.50 bits per heavy atom. The van der Waals surface area contributed by atoms with Crippen LogP contribution in [0.4, 0.5) is 5.69 Å². The van der Waals surface area contributed by atoms with Crippen molar-refractivity contribution in [1.29, 1.82) is 0 Å². The van der Waals surface area contributed by atoms with Crippen molar-refractivity contribution in [3.8, 4) is 11.5 Å². The Bertz CT molecular complexity index is 1130. The maximum absolute atomic E-state index is 12.5. The van der Waals surface area contributed by atoms with Crippen molar-refractivity contribution >= 4 is 33.1 Å². The number of rotatable bonds is 8. The SMILES string of the molecule is Cc1nc2cc(OCC(O)CN3CCN(CC(=O)Nc4c(C)cc(O)cc4C)CC3)ccc2s1. The van der Waals surface area contributed by atoms with Gasteiger partial charge in [-0.3, -0.25) is 14.6 Å². The highest BCUT2D eigenvalue weighted by Crippen LogP contribution is 2.26. The summed E-state index contributed by atoms with van der Waals surface area (Å²) in [5.74, 6) is 0.852. The molecule has 1 fully saturated rings. The topological polar surface area (TPSA) is 98.2 Å². The monoisotopic (exact) mass is 484 g/mol. The lowest BCUT2D eigenvalue weighted by Gasteiger charge is -2.35. The Kier molecular flexibility index (Phi) is 7.67. The zero-order valence-electron chi connectivity index (χ0n) is 19.9. The second-order valence-corrected chi connectivity index (χ2v) is 10.1. The van der Waals surface area contributed by atoms with Crippen LogP contribution in [0.2, 0.25) is 0 Å². The number of benzene rings is 2. The molecule has 1 amide bonds. The minimum atomic E-state index is -0.594. The van der Waals surface area contributed by atoms with E-state index in [1.54, 1.807) is 23.5 Å². The summed E-state index contributed by atoms with van der Waals surface area (Å²) in [4.78, 5) is 21.3. The first-order valence-electron chi connectivity index (χ1n) is 11.5. The normalized spacial score (nSPS) is 16.0. The summed E-state index contributed by atoms with van der Waals surface area (Å²) in [5.41, 5.74) is 3.36. The molecule has 1 saturated heterocycles. The van der Waals surface area contributed by atoms with Crippen LogP contribution in [0.15, 0.2) is 30.3 Å². The van der Waals surface area contributed by atoms with Crippen molar-refractivity contribution in [2.45, 2.75) is 26.9 Å². The van der Waals surface area contributed by atoms with Gasteiger partial charge >= 0.3 is 0 Å². The molecule has 8 nitrogen and oxygen atoms in total. The number of ether oxygens (including phenoxy) is 1. The Labute approximate surface area is 203 Å². The zero-order chi connectivity index (χ0) is 24.2. The molecule has 1 atom stereocenters. The van der Waals surface area contributed by atoms with Gasteiger partial charge in [-0.05, 0) is 56.2 Å². The Balaban J connectivity index is 1.18. The molecule has 0 aliphatic carbocycles. The van der Waals surface area contributed by atoms with Gasteiger partial charge in [0.25, 0.3) is 0 Å². The highest BCUT2D eigenvalue weighted by atomic mass is 32.1. The number of aromatic nitrogens is 1. The number of hydrogen-bond donors (Lipinski definition) is 3. The molecule has 0 saturated carbocycles. The summed E-state index contributed by atoms with van der Waals surface area (Å²) in [6.07, 6.45) is -0.594. The molecule has 1 aliphatic rings. The lowest BCUT2D eigenvalue weighted by molar-refractivity contribution is -0.117. The number of aryl methyl sites for hydroxylation is 3. The molecule has 1 aliphatic heterocycles. The van der Waals surface area contributed by atoms with Crippen LogP contribution in [0.1, 0.15) is 16.1 Å². The van der Waals surface area contributed by atoms with Crippen molar-refractivity contribution in [1.82, 2.24) is 14.8 Å². The quantitative estimate of drug-likeness (QED) is 0.423. The maximum Gasteiger partial charge on any atom is 0.238 e. The van der Waals surface area contributed by atoms with Crippen LogP contribution in [0.25, 0.3) is 10.2 Å². The fourth-order valence-corrected chi connectivity index (χ4v) is 5.11. The number of thiazole rings is 1. The van der Waals surface area contributed by atoms with Crippen LogP contribution in [-0.4, -0.2) is 82.9 Å². The number of aliphatic hydroxyl groups is 1. The minimum absolute atomic E-state index is 0.0638. The van der Waals surface area contributed by atoms with Gasteiger partial charge < -0.3 is 20.3 Å². The highest BCUT2D eigenvalue weighted by molar-refractivity contribution is 7.18. The molecule has 3 aromatic rings. The van der Waals surface area contributed by atoms with Crippen LogP contribution in [0, 0.1) is 20.8 Å². The molecule has 4 rings (SSSR count). The van der Waals surface area contributed by atoms with Crippen LogP contribution in [0.5, 0.6) is 11.5 Å². The van der Waals surface area contributed by atoms with Crippen LogP contribution in [-0.2, 0) is 4.79 Å². The van der Waals surface area contributed by atoms with E-state index < -0.39 is 6.10 Å². The molecule has 0 bridgehead atoms. The van der Waals surface area contributed by atoms with E-state index in [9.17, 15) is 15.0 Å². The molecule has 9 heteroatoms. The lowest BCUT2D eigenvalue weighted by Crippen LogP contribution is -2.50. The van der Waals surface area contributed by atoms with Gasteiger partial charge in [0.15, 0.2) is 0 Å². The van der Waals surface area contributed by atoms with E-state index in [1.807, 2.05) is 39.0 Å².